The smallest absolute Gasteiger partial charge is 0.244 e. The fourth-order valence-electron chi connectivity index (χ4n) is 1.98. The molecule has 8 heteroatoms. The summed E-state index contributed by atoms with van der Waals surface area (Å²) in [4.78, 5) is 4.27. The summed E-state index contributed by atoms with van der Waals surface area (Å²) in [6.45, 7) is 0.255. The Kier molecular flexibility index (Phi) is 5.08. The molecule has 122 valence electrons. The first-order chi connectivity index (χ1) is 11.6. The Morgan fingerprint density at radius 2 is 1.88 bits per heavy atom. The normalized spacial score (nSPS) is 10.5. The lowest BCUT2D eigenvalue weighted by Gasteiger charge is -2.08. The van der Waals surface area contributed by atoms with Crippen molar-refractivity contribution in [3.05, 3.63) is 70.1 Å². The Balaban J connectivity index is 1.69. The van der Waals surface area contributed by atoms with Crippen LogP contribution in [0.1, 0.15) is 5.56 Å². The first kappa shape index (κ1) is 16.4. The van der Waals surface area contributed by atoms with Gasteiger partial charge in [-0.1, -0.05) is 41.4 Å². The zero-order valence-electron chi connectivity index (χ0n) is 12.3. The van der Waals surface area contributed by atoms with Gasteiger partial charge in [0, 0.05) is 17.8 Å². The molecule has 0 aliphatic rings. The van der Waals surface area contributed by atoms with E-state index >= 15 is 0 Å². The predicted molar refractivity (Wildman–Crippen MR) is 93.3 cm³/mol. The molecule has 0 radical (unpaired) electrons. The van der Waals surface area contributed by atoms with Gasteiger partial charge in [-0.15, -0.1) is 5.10 Å². The lowest BCUT2D eigenvalue weighted by atomic mass is 10.2. The third-order valence-corrected chi connectivity index (χ3v) is 3.88. The molecule has 2 N–H and O–H groups in total. The number of nitrogens with one attached hydrogen (secondary N) is 2. The number of aromatic nitrogens is 3. The summed E-state index contributed by atoms with van der Waals surface area (Å²) in [6.07, 6.45) is 1.47. The molecule has 3 aromatic rings. The fourth-order valence-corrected chi connectivity index (χ4v) is 2.27. The van der Waals surface area contributed by atoms with Gasteiger partial charge in [0.05, 0.1) is 16.2 Å². The van der Waals surface area contributed by atoms with Gasteiger partial charge in [0.25, 0.3) is 0 Å². The van der Waals surface area contributed by atoms with E-state index in [0.29, 0.717) is 27.1 Å². The highest BCUT2D eigenvalue weighted by molar-refractivity contribution is 6.42. The average molecular weight is 364 g/mol. The maximum atomic E-state index is 13.6. The molecule has 5 nitrogen and oxygen atoms in total. The van der Waals surface area contributed by atoms with Crippen molar-refractivity contribution in [3.8, 4) is 0 Å². The topological polar surface area (TPSA) is 62.7 Å². The van der Waals surface area contributed by atoms with Crippen molar-refractivity contribution >= 4 is 40.7 Å². The Labute approximate surface area is 147 Å². The molecular weight excluding hydrogens is 352 g/mol. The van der Waals surface area contributed by atoms with Crippen LogP contribution in [0, 0.1) is 5.82 Å². The second-order valence-corrected chi connectivity index (χ2v) is 5.68. The van der Waals surface area contributed by atoms with Crippen LogP contribution in [0.3, 0.4) is 0 Å². The minimum absolute atomic E-state index is 0.255. The fraction of sp³-hybridized carbons (Fsp3) is 0.0625. The number of nitrogens with zero attached hydrogens (tertiary/aromatic N) is 3. The highest BCUT2D eigenvalue weighted by Gasteiger charge is 2.05. The molecule has 0 aliphatic heterocycles. The lowest BCUT2D eigenvalue weighted by Crippen LogP contribution is -2.07. The van der Waals surface area contributed by atoms with Crippen LogP contribution in [0.4, 0.5) is 21.8 Å². The van der Waals surface area contributed by atoms with Crippen molar-refractivity contribution < 1.29 is 4.39 Å². The first-order valence-electron chi connectivity index (χ1n) is 7.01. The number of hydrogen-bond acceptors (Lipinski definition) is 5. The average Bonchev–Trinajstić information content (AvgIpc) is 2.58. The highest BCUT2D eigenvalue weighted by atomic mass is 35.5. The van der Waals surface area contributed by atoms with E-state index in [9.17, 15) is 4.39 Å². The molecule has 0 atom stereocenters. The molecular formula is C16H12Cl2FN5. The van der Waals surface area contributed by atoms with Crippen molar-refractivity contribution in [2.45, 2.75) is 6.54 Å². The van der Waals surface area contributed by atoms with Gasteiger partial charge >= 0.3 is 0 Å². The van der Waals surface area contributed by atoms with Crippen molar-refractivity contribution in [1.82, 2.24) is 15.2 Å². The third-order valence-electron chi connectivity index (χ3n) is 3.15. The molecule has 0 unspecified atom stereocenters. The SMILES string of the molecule is Fc1ccccc1CNc1nncc(Nc2ccc(Cl)c(Cl)c2)n1. The van der Waals surface area contributed by atoms with Gasteiger partial charge in [-0.05, 0) is 24.3 Å². The minimum atomic E-state index is -0.289. The van der Waals surface area contributed by atoms with Gasteiger partial charge in [-0.25, -0.2) is 4.39 Å². The second-order valence-electron chi connectivity index (χ2n) is 4.86. The van der Waals surface area contributed by atoms with Gasteiger partial charge in [0.1, 0.15) is 5.82 Å². The quantitative estimate of drug-likeness (QED) is 0.689. The van der Waals surface area contributed by atoms with E-state index in [1.807, 2.05) is 0 Å². The van der Waals surface area contributed by atoms with Crippen LogP contribution in [-0.4, -0.2) is 15.2 Å². The molecule has 0 bridgehead atoms. The van der Waals surface area contributed by atoms with E-state index in [-0.39, 0.29) is 18.3 Å². The van der Waals surface area contributed by atoms with Crippen LogP contribution in [0.2, 0.25) is 10.0 Å². The van der Waals surface area contributed by atoms with Gasteiger partial charge in [-0.2, -0.15) is 10.1 Å². The predicted octanol–water partition coefficient (Wildman–Crippen LogP) is 4.67. The highest BCUT2D eigenvalue weighted by Crippen LogP contribution is 2.26. The summed E-state index contributed by atoms with van der Waals surface area (Å²) < 4.78 is 13.6. The Bertz CT molecular complexity index is 859. The standard InChI is InChI=1S/C16H12Cl2FN5/c17-12-6-5-11(7-13(12)18)22-15-9-21-24-16(23-15)20-8-10-3-1-2-4-14(10)19/h1-7,9H,8H2,(H2,20,22,23,24). The van der Waals surface area contributed by atoms with E-state index in [0.717, 1.165) is 0 Å². The largest absolute Gasteiger partial charge is 0.349 e. The van der Waals surface area contributed by atoms with E-state index in [1.165, 1.54) is 12.3 Å². The van der Waals surface area contributed by atoms with Gasteiger partial charge in [0.2, 0.25) is 5.95 Å². The van der Waals surface area contributed by atoms with Crippen molar-refractivity contribution in [2.24, 2.45) is 0 Å². The molecule has 0 saturated carbocycles. The van der Waals surface area contributed by atoms with Crippen molar-refractivity contribution in [3.63, 3.8) is 0 Å². The lowest BCUT2D eigenvalue weighted by molar-refractivity contribution is 0.612. The molecule has 0 saturated heterocycles. The minimum Gasteiger partial charge on any atom is -0.349 e. The molecule has 0 fully saturated rings. The zero-order chi connectivity index (χ0) is 16.9. The van der Waals surface area contributed by atoms with E-state index in [1.54, 1.807) is 36.4 Å². The maximum Gasteiger partial charge on any atom is 0.244 e. The molecule has 0 aliphatic carbocycles. The number of hydrogen-bond donors (Lipinski definition) is 2. The van der Waals surface area contributed by atoms with E-state index in [4.69, 9.17) is 23.2 Å². The monoisotopic (exact) mass is 363 g/mol. The van der Waals surface area contributed by atoms with Crippen LogP contribution in [0.25, 0.3) is 0 Å². The van der Waals surface area contributed by atoms with Crippen molar-refractivity contribution in [2.75, 3.05) is 10.6 Å². The second kappa shape index (κ2) is 7.42. The molecule has 2 aromatic carbocycles. The van der Waals surface area contributed by atoms with Crippen LogP contribution in [0.5, 0.6) is 0 Å². The van der Waals surface area contributed by atoms with Crippen LogP contribution >= 0.6 is 23.2 Å². The van der Waals surface area contributed by atoms with Crippen LogP contribution in [0.15, 0.2) is 48.7 Å². The van der Waals surface area contributed by atoms with Gasteiger partial charge in [-0.3, -0.25) is 0 Å². The molecule has 0 amide bonds. The summed E-state index contributed by atoms with van der Waals surface area (Å²) in [7, 11) is 0. The van der Waals surface area contributed by atoms with Gasteiger partial charge < -0.3 is 10.6 Å². The zero-order valence-corrected chi connectivity index (χ0v) is 13.8. The summed E-state index contributed by atoms with van der Waals surface area (Å²) in [5, 5.41) is 14.6. The molecule has 1 heterocycles. The van der Waals surface area contributed by atoms with Crippen LogP contribution < -0.4 is 10.6 Å². The van der Waals surface area contributed by atoms with E-state index in [2.05, 4.69) is 25.8 Å². The van der Waals surface area contributed by atoms with Crippen molar-refractivity contribution in [1.29, 1.82) is 0 Å². The molecule has 1 aromatic heterocycles. The molecule has 3 rings (SSSR count). The number of anilines is 3. The Morgan fingerprint density at radius 3 is 2.67 bits per heavy atom. The molecule has 24 heavy (non-hydrogen) atoms. The Hall–Kier alpha value is -2.44. The summed E-state index contributed by atoms with van der Waals surface area (Å²) >= 11 is 11.9. The Morgan fingerprint density at radius 1 is 1.04 bits per heavy atom. The summed E-state index contributed by atoms with van der Waals surface area (Å²) in [5.41, 5.74) is 1.23. The van der Waals surface area contributed by atoms with Gasteiger partial charge in [0.15, 0.2) is 5.82 Å². The third kappa shape index (κ3) is 4.10. The number of rotatable bonds is 5. The van der Waals surface area contributed by atoms with Crippen LogP contribution in [-0.2, 0) is 6.54 Å². The maximum absolute atomic E-state index is 13.6. The molecule has 0 spiro atoms. The number of benzene rings is 2. The number of halogens is 3. The van der Waals surface area contributed by atoms with E-state index < -0.39 is 0 Å². The summed E-state index contributed by atoms with van der Waals surface area (Å²) in [5.74, 6) is 0.464. The summed E-state index contributed by atoms with van der Waals surface area (Å²) in [6, 6.07) is 11.6. The first-order valence-corrected chi connectivity index (χ1v) is 7.76.